The lowest BCUT2D eigenvalue weighted by Crippen LogP contribution is -2.42. The molecular weight excluding hydrogens is 218 g/mol. The molecule has 96 valence electrons. The van der Waals surface area contributed by atoms with Crippen LogP contribution in [0.2, 0.25) is 0 Å². The molecule has 1 N–H and O–H groups in total. The van der Waals surface area contributed by atoms with E-state index >= 15 is 0 Å². The van der Waals surface area contributed by atoms with Crippen LogP contribution in [0.25, 0.3) is 0 Å². The third-order valence-electron chi connectivity index (χ3n) is 3.87. The molecule has 0 unspecified atom stereocenters. The highest BCUT2D eigenvalue weighted by atomic mass is 32.1. The fourth-order valence-electron chi connectivity index (χ4n) is 2.72. The maximum Gasteiger partial charge on any atom is 0.0443 e. The zero-order valence-corrected chi connectivity index (χ0v) is 11.7. The number of thiol groups is 1. The minimum Gasteiger partial charge on any atom is -0.396 e. The van der Waals surface area contributed by atoms with Crippen molar-refractivity contribution in [3.8, 4) is 0 Å². The van der Waals surface area contributed by atoms with Gasteiger partial charge in [-0.15, -0.1) is 0 Å². The average molecular weight is 245 g/mol. The summed E-state index contributed by atoms with van der Waals surface area (Å²) in [7, 11) is 0. The van der Waals surface area contributed by atoms with Crippen molar-refractivity contribution in [3.63, 3.8) is 0 Å². The Hall–Kier alpha value is 0.270. The highest BCUT2D eigenvalue weighted by molar-refractivity contribution is 7.80. The number of aliphatic hydroxyl groups is 1. The third kappa shape index (κ3) is 3.94. The van der Waals surface area contributed by atoms with Crippen LogP contribution in [0.3, 0.4) is 0 Å². The van der Waals surface area contributed by atoms with Crippen molar-refractivity contribution in [1.82, 2.24) is 4.90 Å². The molecule has 0 heterocycles. The van der Waals surface area contributed by atoms with Crippen LogP contribution < -0.4 is 0 Å². The molecule has 1 saturated carbocycles. The summed E-state index contributed by atoms with van der Waals surface area (Å²) < 4.78 is 0. The molecule has 16 heavy (non-hydrogen) atoms. The zero-order chi connectivity index (χ0) is 12.0. The number of hydrogen-bond acceptors (Lipinski definition) is 3. The van der Waals surface area contributed by atoms with Crippen LogP contribution in [0.5, 0.6) is 0 Å². The smallest absolute Gasteiger partial charge is 0.0443 e. The molecule has 0 atom stereocenters. The summed E-state index contributed by atoms with van der Waals surface area (Å²) in [5, 5.41) is 8.94. The first-order valence-electron chi connectivity index (χ1n) is 6.59. The number of aliphatic hydroxyl groups excluding tert-OH is 1. The topological polar surface area (TPSA) is 23.5 Å². The Morgan fingerprint density at radius 2 is 1.94 bits per heavy atom. The van der Waals surface area contributed by atoms with E-state index in [1.165, 1.54) is 25.7 Å². The second kappa shape index (κ2) is 6.87. The van der Waals surface area contributed by atoms with E-state index in [2.05, 4.69) is 31.4 Å². The summed E-state index contributed by atoms with van der Waals surface area (Å²) >= 11 is 4.56. The van der Waals surface area contributed by atoms with Gasteiger partial charge in [0, 0.05) is 25.7 Å². The first kappa shape index (κ1) is 14.3. The Labute approximate surface area is 106 Å². The van der Waals surface area contributed by atoms with Crippen molar-refractivity contribution in [2.75, 3.05) is 25.4 Å². The van der Waals surface area contributed by atoms with Crippen LogP contribution in [-0.2, 0) is 0 Å². The summed E-state index contributed by atoms with van der Waals surface area (Å²) in [6, 6.07) is 0.573. The van der Waals surface area contributed by atoms with Gasteiger partial charge in [-0.25, -0.2) is 0 Å². The van der Waals surface area contributed by atoms with Gasteiger partial charge in [0.1, 0.15) is 0 Å². The average Bonchev–Trinajstić information content (AvgIpc) is 2.73. The molecule has 0 radical (unpaired) electrons. The van der Waals surface area contributed by atoms with E-state index in [-0.39, 0.29) is 0 Å². The summed E-state index contributed by atoms with van der Waals surface area (Å²) in [4.78, 5) is 2.51. The minimum absolute atomic E-state index is 0.303. The molecular formula is C13H27NOS. The molecule has 1 fully saturated rings. The second-order valence-electron chi connectivity index (χ2n) is 5.51. The fourth-order valence-corrected chi connectivity index (χ4v) is 3.13. The summed E-state index contributed by atoms with van der Waals surface area (Å²) in [5.74, 6) is 1.01. The van der Waals surface area contributed by atoms with E-state index in [0.717, 1.165) is 25.3 Å². The molecule has 1 aliphatic rings. The Balaban J connectivity index is 2.51. The fraction of sp³-hybridized carbons (Fsp3) is 1.00. The molecule has 0 bridgehead atoms. The standard InChI is InChI=1S/C13H27NOS/c1-12(2)14(8-5-9-15)10-13(11-16)6-3-4-7-13/h12,15-16H,3-11H2,1-2H3. The number of rotatable bonds is 7. The predicted octanol–water partition coefficient (Wildman–Crippen LogP) is 2.57. The van der Waals surface area contributed by atoms with Crippen LogP contribution in [-0.4, -0.2) is 41.5 Å². The van der Waals surface area contributed by atoms with Gasteiger partial charge in [-0.1, -0.05) is 12.8 Å². The largest absolute Gasteiger partial charge is 0.396 e. The lowest BCUT2D eigenvalue weighted by atomic mass is 9.87. The zero-order valence-electron chi connectivity index (χ0n) is 10.8. The Morgan fingerprint density at radius 1 is 1.31 bits per heavy atom. The highest BCUT2D eigenvalue weighted by Gasteiger charge is 2.34. The summed E-state index contributed by atoms with van der Waals surface area (Å²) in [6.07, 6.45) is 6.29. The van der Waals surface area contributed by atoms with Crippen LogP contribution in [0.1, 0.15) is 46.0 Å². The Kier molecular flexibility index (Phi) is 6.16. The van der Waals surface area contributed by atoms with Crippen molar-refractivity contribution in [1.29, 1.82) is 0 Å². The van der Waals surface area contributed by atoms with Gasteiger partial charge in [-0.2, -0.15) is 12.6 Å². The Morgan fingerprint density at radius 3 is 2.38 bits per heavy atom. The van der Waals surface area contributed by atoms with Crippen molar-refractivity contribution < 1.29 is 5.11 Å². The van der Waals surface area contributed by atoms with Gasteiger partial charge in [-0.05, 0) is 44.3 Å². The molecule has 3 heteroatoms. The molecule has 0 amide bonds. The third-order valence-corrected chi connectivity index (χ3v) is 4.54. The van der Waals surface area contributed by atoms with Crippen LogP contribution >= 0.6 is 12.6 Å². The quantitative estimate of drug-likeness (QED) is 0.674. The maximum atomic E-state index is 8.94. The van der Waals surface area contributed by atoms with Crippen LogP contribution in [0, 0.1) is 5.41 Å². The monoisotopic (exact) mass is 245 g/mol. The Bertz CT molecular complexity index is 190. The van der Waals surface area contributed by atoms with E-state index in [1.807, 2.05) is 0 Å². The lowest BCUT2D eigenvalue weighted by Gasteiger charge is -2.36. The van der Waals surface area contributed by atoms with Gasteiger partial charge in [0.05, 0.1) is 0 Å². The minimum atomic E-state index is 0.303. The van der Waals surface area contributed by atoms with Crippen LogP contribution in [0.4, 0.5) is 0 Å². The van der Waals surface area contributed by atoms with E-state index < -0.39 is 0 Å². The van der Waals surface area contributed by atoms with Crippen molar-refractivity contribution in [3.05, 3.63) is 0 Å². The van der Waals surface area contributed by atoms with Crippen LogP contribution in [0.15, 0.2) is 0 Å². The van der Waals surface area contributed by atoms with Crippen molar-refractivity contribution >= 4 is 12.6 Å². The second-order valence-corrected chi connectivity index (χ2v) is 5.82. The van der Waals surface area contributed by atoms with Crippen molar-refractivity contribution in [2.45, 2.75) is 52.0 Å². The molecule has 2 nitrogen and oxygen atoms in total. The molecule has 0 aliphatic heterocycles. The van der Waals surface area contributed by atoms with Gasteiger partial charge < -0.3 is 10.0 Å². The van der Waals surface area contributed by atoms with Gasteiger partial charge in [0.15, 0.2) is 0 Å². The maximum absolute atomic E-state index is 8.94. The molecule has 0 spiro atoms. The van der Waals surface area contributed by atoms with E-state index in [4.69, 9.17) is 5.11 Å². The molecule has 0 aromatic heterocycles. The highest BCUT2D eigenvalue weighted by Crippen LogP contribution is 2.40. The summed E-state index contributed by atoms with van der Waals surface area (Å²) in [6.45, 7) is 6.98. The van der Waals surface area contributed by atoms with Gasteiger partial charge in [0.2, 0.25) is 0 Å². The summed E-state index contributed by atoms with van der Waals surface area (Å²) in [5.41, 5.74) is 0.447. The number of nitrogens with zero attached hydrogens (tertiary/aromatic N) is 1. The normalized spacial score (nSPS) is 19.9. The lowest BCUT2D eigenvalue weighted by molar-refractivity contribution is 0.128. The van der Waals surface area contributed by atoms with E-state index in [9.17, 15) is 0 Å². The molecule has 0 aromatic carbocycles. The molecule has 0 saturated heterocycles. The van der Waals surface area contributed by atoms with E-state index in [0.29, 0.717) is 18.1 Å². The van der Waals surface area contributed by atoms with Gasteiger partial charge in [-0.3, -0.25) is 0 Å². The predicted molar refractivity (Wildman–Crippen MR) is 73.2 cm³/mol. The first-order chi connectivity index (χ1) is 7.63. The van der Waals surface area contributed by atoms with Gasteiger partial charge in [0.25, 0.3) is 0 Å². The SMILES string of the molecule is CC(C)N(CCCO)CC1(CS)CCCC1. The van der Waals surface area contributed by atoms with E-state index in [1.54, 1.807) is 0 Å². The first-order valence-corrected chi connectivity index (χ1v) is 7.22. The molecule has 1 aliphatic carbocycles. The molecule has 0 aromatic rings. The number of hydrogen-bond donors (Lipinski definition) is 2. The molecule has 1 rings (SSSR count). The van der Waals surface area contributed by atoms with Gasteiger partial charge >= 0.3 is 0 Å². The van der Waals surface area contributed by atoms with Crippen molar-refractivity contribution in [2.24, 2.45) is 5.41 Å².